The second-order valence-corrected chi connectivity index (χ2v) is 6.16. The lowest BCUT2D eigenvalue weighted by Gasteiger charge is -2.11. The summed E-state index contributed by atoms with van der Waals surface area (Å²) in [6.45, 7) is 3.36. The molecule has 0 spiro atoms. The van der Waals surface area contributed by atoms with Gasteiger partial charge in [-0.25, -0.2) is 0 Å². The van der Waals surface area contributed by atoms with Gasteiger partial charge in [0, 0.05) is 29.6 Å². The van der Waals surface area contributed by atoms with Crippen LogP contribution in [0.4, 0.5) is 11.4 Å². The number of benzene rings is 2. The van der Waals surface area contributed by atoms with E-state index in [2.05, 4.69) is 10.6 Å². The number of carbonyl (C=O) groups is 2. The maximum atomic E-state index is 12.3. The molecule has 5 heteroatoms. The zero-order valence-electron chi connectivity index (χ0n) is 13.5. The summed E-state index contributed by atoms with van der Waals surface area (Å²) in [5.74, 6) is 0.624. The van der Waals surface area contributed by atoms with Gasteiger partial charge in [-0.05, 0) is 48.6 Å². The fraction of sp³-hybridized carbons (Fsp3) is 0.222. The molecule has 2 rings (SSSR count). The highest BCUT2D eigenvalue weighted by Gasteiger charge is 2.08. The van der Waals surface area contributed by atoms with Crippen LogP contribution in [-0.4, -0.2) is 18.1 Å². The van der Waals surface area contributed by atoms with Gasteiger partial charge in [0.25, 0.3) is 5.91 Å². The first-order valence-electron chi connectivity index (χ1n) is 7.27. The standard InChI is InChI=1S/C18H20N2O2S/c1-12-4-9-16(10-17(12)19-13(2)21)20-18(22)15-7-5-14(6-8-15)11-23-3/h4-10H,11H2,1-3H3,(H,19,21)(H,20,22). The molecular weight excluding hydrogens is 308 g/mol. The van der Waals surface area contributed by atoms with Crippen molar-refractivity contribution >= 4 is 35.0 Å². The molecule has 0 heterocycles. The van der Waals surface area contributed by atoms with Gasteiger partial charge in [-0.1, -0.05) is 18.2 Å². The summed E-state index contributed by atoms with van der Waals surface area (Å²) in [6.07, 6.45) is 2.05. The molecule has 0 aliphatic rings. The third-order valence-corrected chi connectivity index (χ3v) is 3.96. The third kappa shape index (κ3) is 4.86. The Morgan fingerprint density at radius 3 is 2.35 bits per heavy atom. The van der Waals surface area contributed by atoms with Gasteiger partial charge in [-0.15, -0.1) is 0 Å². The van der Waals surface area contributed by atoms with Crippen molar-refractivity contribution in [1.82, 2.24) is 0 Å². The number of thioether (sulfide) groups is 1. The molecule has 0 aliphatic carbocycles. The summed E-state index contributed by atoms with van der Waals surface area (Å²) in [5, 5.41) is 5.61. The molecule has 0 aromatic heterocycles. The largest absolute Gasteiger partial charge is 0.326 e. The molecule has 120 valence electrons. The van der Waals surface area contributed by atoms with Crippen molar-refractivity contribution in [2.45, 2.75) is 19.6 Å². The van der Waals surface area contributed by atoms with Crippen LogP contribution in [0.1, 0.15) is 28.4 Å². The zero-order chi connectivity index (χ0) is 16.8. The van der Waals surface area contributed by atoms with Gasteiger partial charge in [0.05, 0.1) is 0 Å². The van der Waals surface area contributed by atoms with Gasteiger partial charge in [-0.2, -0.15) is 11.8 Å². The van der Waals surface area contributed by atoms with Crippen LogP contribution in [-0.2, 0) is 10.5 Å². The average Bonchev–Trinajstić information content (AvgIpc) is 2.51. The second kappa shape index (κ2) is 7.83. The van der Waals surface area contributed by atoms with Crippen LogP contribution in [0.2, 0.25) is 0 Å². The molecule has 0 unspecified atom stereocenters. The van der Waals surface area contributed by atoms with Crippen molar-refractivity contribution in [3.05, 3.63) is 59.2 Å². The third-order valence-electron chi connectivity index (χ3n) is 3.33. The van der Waals surface area contributed by atoms with Crippen molar-refractivity contribution in [2.24, 2.45) is 0 Å². The first-order chi connectivity index (χ1) is 11.0. The topological polar surface area (TPSA) is 58.2 Å². The predicted molar refractivity (Wildman–Crippen MR) is 97.1 cm³/mol. The summed E-state index contributed by atoms with van der Waals surface area (Å²) in [5.41, 5.74) is 4.09. The Morgan fingerprint density at radius 1 is 1.04 bits per heavy atom. The average molecular weight is 328 g/mol. The molecule has 4 nitrogen and oxygen atoms in total. The van der Waals surface area contributed by atoms with E-state index in [1.165, 1.54) is 12.5 Å². The first-order valence-corrected chi connectivity index (χ1v) is 8.66. The van der Waals surface area contributed by atoms with E-state index < -0.39 is 0 Å². The SMILES string of the molecule is CSCc1ccc(C(=O)Nc2ccc(C)c(NC(C)=O)c2)cc1. The van der Waals surface area contributed by atoms with Gasteiger partial charge in [0.15, 0.2) is 0 Å². The zero-order valence-corrected chi connectivity index (χ0v) is 14.3. The molecule has 0 radical (unpaired) electrons. The Bertz CT molecular complexity index is 711. The Hall–Kier alpha value is -2.27. The van der Waals surface area contributed by atoms with Gasteiger partial charge in [0.1, 0.15) is 0 Å². The predicted octanol–water partition coefficient (Wildman–Crippen LogP) is 4.07. The molecule has 2 amide bonds. The lowest BCUT2D eigenvalue weighted by Crippen LogP contribution is -2.13. The molecule has 23 heavy (non-hydrogen) atoms. The normalized spacial score (nSPS) is 10.2. The van der Waals surface area contributed by atoms with E-state index >= 15 is 0 Å². The molecule has 0 aliphatic heterocycles. The van der Waals surface area contributed by atoms with E-state index in [1.807, 2.05) is 49.6 Å². The van der Waals surface area contributed by atoms with Crippen LogP contribution in [0.5, 0.6) is 0 Å². The van der Waals surface area contributed by atoms with E-state index in [0.29, 0.717) is 16.9 Å². The van der Waals surface area contributed by atoms with Crippen molar-refractivity contribution in [1.29, 1.82) is 0 Å². The fourth-order valence-corrected chi connectivity index (χ4v) is 2.67. The summed E-state index contributed by atoms with van der Waals surface area (Å²) in [6, 6.07) is 13.0. The number of aryl methyl sites for hydroxylation is 1. The van der Waals surface area contributed by atoms with Gasteiger partial charge in [0.2, 0.25) is 5.91 Å². The molecule has 2 aromatic rings. The molecular formula is C18H20N2O2S. The van der Waals surface area contributed by atoms with Crippen LogP contribution < -0.4 is 10.6 Å². The van der Waals surface area contributed by atoms with Gasteiger partial charge < -0.3 is 10.6 Å². The highest BCUT2D eigenvalue weighted by Crippen LogP contribution is 2.21. The minimum atomic E-state index is -0.168. The fourth-order valence-electron chi connectivity index (χ4n) is 2.15. The van der Waals surface area contributed by atoms with Crippen LogP contribution >= 0.6 is 11.8 Å². The van der Waals surface area contributed by atoms with E-state index in [4.69, 9.17) is 0 Å². The van der Waals surface area contributed by atoms with Gasteiger partial charge in [-0.3, -0.25) is 9.59 Å². The Balaban J connectivity index is 2.11. The van der Waals surface area contributed by atoms with E-state index in [-0.39, 0.29) is 11.8 Å². The summed E-state index contributed by atoms with van der Waals surface area (Å²) in [7, 11) is 0. The van der Waals surface area contributed by atoms with Crippen molar-refractivity contribution < 1.29 is 9.59 Å². The maximum absolute atomic E-state index is 12.3. The molecule has 0 saturated carbocycles. The van der Waals surface area contributed by atoms with Crippen LogP contribution in [0, 0.1) is 6.92 Å². The number of hydrogen-bond acceptors (Lipinski definition) is 3. The van der Waals surface area contributed by atoms with Crippen molar-refractivity contribution in [3.8, 4) is 0 Å². The Kier molecular flexibility index (Phi) is 5.82. The van der Waals surface area contributed by atoms with Crippen LogP contribution in [0.25, 0.3) is 0 Å². The maximum Gasteiger partial charge on any atom is 0.255 e. The summed E-state index contributed by atoms with van der Waals surface area (Å²) >= 11 is 1.74. The van der Waals surface area contributed by atoms with E-state index in [9.17, 15) is 9.59 Å². The van der Waals surface area contributed by atoms with Crippen molar-refractivity contribution in [2.75, 3.05) is 16.9 Å². The molecule has 2 aromatic carbocycles. The van der Waals surface area contributed by atoms with Crippen LogP contribution in [0.15, 0.2) is 42.5 Å². The highest BCUT2D eigenvalue weighted by atomic mass is 32.2. The number of rotatable bonds is 5. The molecule has 2 N–H and O–H groups in total. The Labute approximate surface area is 140 Å². The number of carbonyl (C=O) groups excluding carboxylic acids is 2. The summed E-state index contributed by atoms with van der Waals surface area (Å²) < 4.78 is 0. The lowest BCUT2D eigenvalue weighted by molar-refractivity contribution is -0.114. The molecule has 0 fully saturated rings. The minimum absolute atomic E-state index is 0.138. The second-order valence-electron chi connectivity index (χ2n) is 5.29. The summed E-state index contributed by atoms with van der Waals surface area (Å²) in [4.78, 5) is 23.5. The number of hydrogen-bond donors (Lipinski definition) is 2. The minimum Gasteiger partial charge on any atom is -0.326 e. The quantitative estimate of drug-likeness (QED) is 0.870. The Morgan fingerprint density at radius 2 is 1.74 bits per heavy atom. The number of anilines is 2. The number of amides is 2. The lowest BCUT2D eigenvalue weighted by atomic mass is 10.1. The molecule has 0 saturated heterocycles. The van der Waals surface area contributed by atoms with Crippen LogP contribution in [0.3, 0.4) is 0 Å². The van der Waals surface area contributed by atoms with E-state index in [0.717, 1.165) is 11.3 Å². The molecule has 0 atom stereocenters. The van der Waals surface area contributed by atoms with Gasteiger partial charge >= 0.3 is 0 Å². The van der Waals surface area contributed by atoms with Crippen molar-refractivity contribution in [3.63, 3.8) is 0 Å². The highest BCUT2D eigenvalue weighted by molar-refractivity contribution is 7.97. The van der Waals surface area contributed by atoms with E-state index in [1.54, 1.807) is 17.8 Å². The first kappa shape index (κ1) is 17.1. The monoisotopic (exact) mass is 328 g/mol. The smallest absolute Gasteiger partial charge is 0.255 e. The molecule has 0 bridgehead atoms. The number of nitrogens with one attached hydrogen (secondary N) is 2.